The summed E-state index contributed by atoms with van der Waals surface area (Å²) >= 11 is 1.07. The summed E-state index contributed by atoms with van der Waals surface area (Å²) < 4.78 is 62.5. The summed E-state index contributed by atoms with van der Waals surface area (Å²) in [7, 11) is -5.16. The molecular weight excluding hydrogens is 559 g/mol. The van der Waals surface area contributed by atoms with Gasteiger partial charge in [0.25, 0.3) is 0 Å². The van der Waals surface area contributed by atoms with Crippen LogP contribution in [0.1, 0.15) is 27.7 Å². The van der Waals surface area contributed by atoms with E-state index in [9.17, 15) is 14.2 Å². The van der Waals surface area contributed by atoms with Crippen molar-refractivity contribution in [1.82, 2.24) is 5.09 Å². The highest BCUT2D eigenvalue weighted by Crippen LogP contribution is 2.63. The van der Waals surface area contributed by atoms with Crippen molar-refractivity contribution in [1.29, 1.82) is 0 Å². The van der Waals surface area contributed by atoms with Crippen molar-refractivity contribution in [3.8, 4) is 5.75 Å². The van der Waals surface area contributed by atoms with Gasteiger partial charge in [0.2, 0.25) is 0 Å². The topological polar surface area (TPSA) is 90.9 Å². The molecule has 0 amide bonds. The van der Waals surface area contributed by atoms with Crippen LogP contribution in [-0.2, 0) is 31.1 Å². The second-order valence-corrected chi connectivity index (χ2v) is 11.9. The van der Waals surface area contributed by atoms with Gasteiger partial charge >= 0.3 is 25.1 Å². The molecule has 0 aliphatic carbocycles. The number of halogens is 2. The van der Waals surface area contributed by atoms with E-state index < -0.39 is 36.7 Å². The minimum absolute atomic E-state index is 0.00798. The number of fused-ring (bicyclic) bond motifs is 1. The Morgan fingerprint density at radius 1 is 1.02 bits per heavy atom. The summed E-state index contributed by atoms with van der Waals surface area (Å²) in [5, 5.41) is 2.57. The molecule has 11 heteroatoms. The molecule has 3 aromatic carbocycles. The van der Waals surface area contributed by atoms with E-state index in [1.165, 1.54) is 37.3 Å². The number of para-hydroxylation sites is 1. The molecule has 40 heavy (non-hydrogen) atoms. The maximum atomic E-state index is 16.1. The number of benzene rings is 3. The number of alkyl halides is 2. The Labute approximate surface area is 233 Å². The number of rotatable bonds is 12. The van der Waals surface area contributed by atoms with E-state index in [4.69, 9.17) is 14.0 Å². The molecule has 1 aromatic heterocycles. The minimum atomic E-state index is -5.16. The third-order valence-electron chi connectivity index (χ3n) is 5.69. The summed E-state index contributed by atoms with van der Waals surface area (Å²) in [5.41, 5.74) is -4.01. The van der Waals surface area contributed by atoms with Crippen LogP contribution in [0.5, 0.6) is 5.75 Å². The fourth-order valence-corrected chi connectivity index (χ4v) is 6.44. The molecule has 0 spiro atoms. The van der Waals surface area contributed by atoms with Gasteiger partial charge in [0.05, 0.1) is 0 Å². The first-order valence-electron chi connectivity index (χ1n) is 12.2. The van der Waals surface area contributed by atoms with Crippen LogP contribution < -0.4 is 9.61 Å². The van der Waals surface area contributed by atoms with Gasteiger partial charge in [-0.1, -0.05) is 67.3 Å². The third kappa shape index (κ3) is 6.65. The van der Waals surface area contributed by atoms with Gasteiger partial charge in [-0.15, -0.1) is 11.3 Å². The van der Waals surface area contributed by atoms with E-state index in [1.807, 2.05) is 0 Å². The lowest BCUT2D eigenvalue weighted by molar-refractivity contribution is -0.146. The van der Waals surface area contributed by atoms with Gasteiger partial charge < -0.3 is 14.0 Å². The Morgan fingerprint density at radius 3 is 2.38 bits per heavy atom. The molecule has 2 atom stereocenters. The molecule has 4 aromatic rings. The number of carbonyl (C=O) groups excluding carboxylic acids is 2. The summed E-state index contributed by atoms with van der Waals surface area (Å²) in [6, 6.07) is 20.0. The highest BCUT2D eigenvalue weighted by molar-refractivity contribution is 7.58. The first-order valence-corrected chi connectivity index (χ1v) is 14.6. The highest BCUT2D eigenvalue weighted by atomic mass is 32.1. The van der Waals surface area contributed by atoms with E-state index in [0.29, 0.717) is 15.6 Å². The Balaban J connectivity index is 1.62. The number of hydrogen-bond acceptors (Lipinski definition) is 7. The van der Waals surface area contributed by atoms with Crippen LogP contribution >= 0.6 is 18.9 Å². The standard InChI is InChI=1S/C29H26F2NO6PS/c1-3-16-36-28(34)26-18-22-17-23(14-15-25(22)40-26)29(30,31)39(35,38-24-12-8-5-9-13-24)32-20(2)27(33)37-19-21-10-6-4-7-11-21/h3-15,17-18,20H,1,16,19H2,2H3,(H,32,35)/t20-,39?/m0/s1. The Hall–Kier alpha value is -3.85. The predicted octanol–water partition coefficient (Wildman–Crippen LogP) is 7.29. The molecule has 1 N–H and O–H groups in total. The van der Waals surface area contributed by atoms with Gasteiger partial charge in [-0.05, 0) is 48.2 Å². The summed E-state index contributed by atoms with van der Waals surface area (Å²) in [6.07, 6.45) is 1.42. The second kappa shape index (κ2) is 12.6. The van der Waals surface area contributed by atoms with Crippen LogP contribution in [0.3, 0.4) is 0 Å². The van der Waals surface area contributed by atoms with E-state index in [2.05, 4.69) is 11.7 Å². The molecule has 4 rings (SSSR count). The van der Waals surface area contributed by atoms with Crippen LogP contribution in [0.25, 0.3) is 10.1 Å². The molecule has 7 nitrogen and oxygen atoms in total. The van der Waals surface area contributed by atoms with Crippen molar-refractivity contribution in [3.63, 3.8) is 0 Å². The molecule has 0 bridgehead atoms. The average molecular weight is 586 g/mol. The van der Waals surface area contributed by atoms with Gasteiger partial charge in [-0.25, -0.2) is 9.88 Å². The minimum Gasteiger partial charge on any atom is -0.460 e. The van der Waals surface area contributed by atoms with E-state index >= 15 is 8.78 Å². The zero-order chi connectivity index (χ0) is 28.8. The van der Waals surface area contributed by atoms with Gasteiger partial charge in [0.1, 0.15) is 29.9 Å². The molecule has 0 radical (unpaired) electrons. The first kappa shape index (κ1) is 29.1. The van der Waals surface area contributed by atoms with Crippen LogP contribution in [-0.4, -0.2) is 24.6 Å². The molecule has 1 heterocycles. The molecular formula is C29H26F2NO6PS. The van der Waals surface area contributed by atoms with Crippen LogP contribution in [0, 0.1) is 0 Å². The number of carbonyl (C=O) groups is 2. The van der Waals surface area contributed by atoms with Crippen molar-refractivity contribution in [3.05, 3.63) is 114 Å². The number of hydrogen-bond donors (Lipinski definition) is 1. The van der Waals surface area contributed by atoms with Gasteiger partial charge in [-0.3, -0.25) is 9.36 Å². The first-order chi connectivity index (χ1) is 19.1. The van der Waals surface area contributed by atoms with Crippen molar-refractivity contribution in [2.45, 2.75) is 25.2 Å². The van der Waals surface area contributed by atoms with Gasteiger partial charge in [0.15, 0.2) is 0 Å². The second-order valence-electron chi connectivity index (χ2n) is 8.69. The highest BCUT2D eigenvalue weighted by Gasteiger charge is 2.56. The normalized spacial score (nSPS) is 13.7. The summed E-state index contributed by atoms with van der Waals surface area (Å²) in [5.74, 6) is -1.57. The maximum absolute atomic E-state index is 16.1. The summed E-state index contributed by atoms with van der Waals surface area (Å²) in [6.45, 7) is 4.68. The monoisotopic (exact) mass is 585 g/mol. The number of esters is 2. The Kier molecular flexibility index (Phi) is 9.14. The molecule has 208 valence electrons. The maximum Gasteiger partial charge on any atom is 0.390 e. The Morgan fingerprint density at radius 2 is 1.70 bits per heavy atom. The fourth-order valence-electron chi connectivity index (χ4n) is 3.66. The van der Waals surface area contributed by atoms with Crippen molar-refractivity contribution in [2.24, 2.45) is 0 Å². The molecule has 0 aliphatic rings. The molecule has 0 aliphatic heterocycles. The van der Waals surface area contributed by atoms with E-state index in [1.54, 1.807) is 48.5 Å². The Bertz CT molecular complexity index is 1540. The van der Waals surface area contributed by atoms with Gasteiger partial charge in [0, 0.05) is 10.3 Å². The lowest BCUT2D eigenvalue weighted by Gasteiger charge is -2.30. The lowest BCUT2D eigenvalue weighted by atomic mass is 10.1. The third-order valence-corrected chi connectivity index (χ3v) is 8.97. The molecule has 0 saturated heterocycles. The van der Waals surface area contributed by atoms with Crippen molar-refractivity contribution in [2.75, 3.05) is 6.61 Å². The number of ether oxygens (including phenoxy) is 2. The lowest BCUT2D eigenvalue weighted by Crippen LogP contribution is -2.38. The van der Waals surface area contributed by atoms with E-state index in [0.717, 1.165) is 23.5 Å². The zero-order valence-electron chi connectivity index (χ0n) is 21.4. The predicted molar refractivity (Wildman–Crippen MR) is 150 cm³/mol. The van der Waals surface area contributed by atoms with E-state index in [-0.39, 0.29) is 23.8 Å². The number of nitrogens with one attached hydrogen (secondary N) is 1. The molecule has 1 unspecified atom stereocenters. The average Bonchev–Trinajstić information content (AvgIpc) is 3.39. The van der Waals surface area contributed by atoms with Gasteiger partial charge in [-0.2, -0.15) is 8.78 Å². The van der Waals surface area contributed by atoms with Crippen LogP contribution in [0.15, 0.2) is 97.6 Å². The smallest absolute Gasteiger partial charge is 0.390 e. The zero-order valence-corrected chi connectivity index (χ0v) is 23.1. The molecule has 0 saturated carbocycles. The largest absolute Gasteiger partial charge is 0.460 e. The quantitative estimate of drug-likeness (QED) is 0.106. The van der Waals surface area contributed by atoms with Crippen molar-refractivity contribution < 1.29 is 36.9 Å². The number of thiophene rings is 1. The van der Waals surface area contributed by atoms with Crippen LogP contribution in [0.2, 0.25) is 0 Å². The fraction of sp³-hybridized carbons (Fsp3) is 0.172. The SMILES string of the molecule is C=CCOC(=O)c1cc2cc(C(F)(F)P(=O)(N[C@@H](C)C(=O)OCc3ccccc3)Oc3ccccc3)ccc2s1. The van der Waals surface area contributed by atoms with Crippen LogP contribution in [0.4, 0.5) is 8.78 Å². The molecule has 0 fully saturated rings. The summed E-state index contributed by atoms with van der Waals surface area (Å²) in [4.78, 5) is 25.1. The van der Waals surface area contributed by atoms with Crippen molar-refractivity contribution >= 4 is 40.9 Å².